The fraction of sp³-hybridized carbons (Fsp3) is 0.500. The number of aliphatic carboxylic acids is 2. The van der Waals surface area contributed by atoms with Gasteiger partial charge in [0.15, 0.2) is 0 Å². The van der Waals surface area contributed by atoms with Crippen LogP contribution < -0.4 is 5.32 Å². The second kappa shape index (κ2) is 9.59. The fourth-order valence-corrected chi connectivity index (χ4v) is 3.99. The quantitative estimate of drug-likeness (QED) is 0.595. The number of carboxylic acid groups (broad SMARTS) is 2. The lowest BCUT2D eigenvalue weighted by atomic mass is 10.2. The van der Waals surface area contributed by atoms with Crippen LogP contribution in [0.4, 0.5) is 0 Å². The minimum Gasteiger partial charge on any atom is -0.480 e. The number of nitrogens with zero attached hydrogens (tertiary/aromatic N) is 1. The van der Waals surface area contributed by atoms with Gasteiger partial charge in [-0.05, 0) is 25.3 Å². The molecule has 0 saturated carbocycles. The summed E-state index contributed by atoms with van der Waals surface area (Å²) in [5.41, 5.74) is 1.10. The molecule has 1 heterocycles. The van der Waals surface area contributed by atoms with E-state index in [1.807, 2.05) is 30.3 Å². The van der Waals surface area contributed by atoms with E-state index in [0.29, 0.717) is 30.9 Å². The summed E-state index contributed by atoms with van der Waals surface area (Å²) < 4.78 is 0. The second-order valence-electron chi connectivity index (χ2n) is 6.31. The number of hydrogen-bond acceptors (Lipinski definition) is 5. The first-order chi connectivity index (χ1) is 12.4. The summed E-state index contributed by atoms with van der Waals surface area (Å²) in [6.45, 7) is 1.97. The Morgan fingerprint density at radius 1 is 1.27 bits per heavy atom. The van der Waals surface area contributed by atoms with Gasteiger partial charge in [0.05, 0.1) is 6.04 Å². The van der Waals surface area contributed by atoms with E-state index in [2.05, 4.69) is 5.32 Å². The van der Waals surface area contributed by atoms with Crippen LogP contribution in [-0.4, -0.2) is 63.4 Å². The first-order valence-corrected chi connectivity index (χ1v) is 9.69. The predicted octanol–water partition coefficient (Wildman–Crippen LogP) is 1.43. The summed E-state index contributed by atoms with van der Waals surface area (Å²) in [6.07, 6.45) is 1.08. The van der Waals surface area contributed by atoms with Crippen LogP contribution in [0.25, 0.3) is 0 Å². The number of hydrogen-bond donors (Lipinski definition) is 3. The summed E-state index contributed by atoms with van der Waals surface area (Å²) in [5, 5.41) is 21.4. The second-order valence-corrected chi connectivity index (χ2v) is 7.34. The fourth-order valence-electron chi connectivity index (χ4n) is 2.97. The molecule has 0 radical (unpaired) electrons. The molecule has 0 bridgehead atoms. The zero-order valence-electron chi connectivity index (χ0n) is 14.6. The van der Waals surface area contributed by atoms with Crippen LogP contribution in [-0.2, 0) is 20.1 Å². The van der Waals surface area contributed by atoms with Crippen LogP contribution in [0, 0.1) is 0 Å². The van der Waals surface area contributed by atoms with Gasteiger partial charge in [-0.1, -0.05) is 30.3 Å². The van der Waals surface area contributed by atoms with Crippen molar-refractivity contribution in [1.29, 1.82) is 0 Å². The highest BCUT2D eigenvalue weighted by Gasteiger charge is 2.36. The van der Waals surface area contributed by atoms with Crippen LogP contribution in [0.5, 0.6) is 0 Å². The maximum atomic E-state index is 12.5. The van der Waals surface area contributed by atoms with Gasteiger partial charge < -0.3 is 15.1 Å². The summed E-state index contributed by atoms with van der Waals surface area (Å²) in [6, 6.07) is 7.27. The summed E-state index contributed by atoms with van der Waals surface area (Å²) in [7, 11) is 0. The number of carbonyl (C=O) groups is 3. The molecule has 3 atom stereocenters. The molecule has 1 fully saturated rings. The molecule has 1 saturated heterocycles. The summed E-state index contributed by atoms with van der Waals surface area (Å²) in [4.78, 5) is 36.6. The topological polar surface area (TPSA) is 107 Å². The highest BCUT2D eigenvalue weighted by molar-refractivity contribution is 7.98. The van der Waals surface area contributed by atoms with E-state index in [0.717, 1.165) is 5.56 Å². The van der Waals surface area contributed by atoms with E-state index in [1.165, 1.54) is 16.7 Å². The molecule has 8 heteroatoms. The Balaban J connectivity index is 1.88. The van der Waals surface area contributed by atoms with E-state index >= 15 is 0 Å². The number of carboxylic acids is 2. The van der Waals surface area contributed by atoms with E-state index in [4.69, 9.17) is 0 Å². The Morgan fingerprint density at radius 2 is 1.96 bits per heavy atom. The first kappa shape index (κ1) is 20.3. The highest BCUT2D eigenvalue weighted by Crippen LogP contribution is 2.19. The molecular weight excluding hydrogens is 356 g/mol. The van der Waals surface area contributed by atoms with Crippen molar-refractivity contribution in [2.75, 3.05) is 12.3 Å². The number of amides is 1. The van der Waals surface area contributed by atoms with Crippen molar-refractivity contribution in [2.45, 2.75) is 43.6 Å². The Hall–Kier alpha value is -2.06. The molecule has 1 amide bonds. The van der Waals surface area contributed by atoms with Crippen molar-refractivity contribution < 1.29 is 24.6 Å². The van der Waals surface area contributed by atoms with Crippen molar-refractivity contribution >= 4 is 29.6 Å². The number of benzene rings is 1. The molecule has 1 aromatic carbocycles. The molecule has 0 aromatic heterocycles. The van der Waals surface area contributed by atoms with Gasteiger partial charge in [0.1, 0.15) is 12.1 Å². The molecule has 1 aliphatic rings. The Labute approximate surface area is 156 Å². The van der Waals surface area contributed by atoms with Gasteiger partial charge in [0.25, 0.3) is 0 Å². The average Bonchev–Trinajstić information content (AvgIpc) is 3.10. The molecule has 26 heavy (non-hydrogen) atoms. The van der Waals surface area contributed by atoms with Crippen molar-refractivity contribution in [1.82, 2.24) is 10.2 Å². The normalized spacial score (nSPS) is 19.1. The molecule has 2 rings (SSSR count). The first-order valence-electron chi connectivity index (χ1n) is 8.54. The monoisotopic (exact) mass is 380 g/mol. The minimum absolute atomic E-state index is 0.310. The van der Waals surface area contributed by atoms with Gasteiger partial charge in [-0.3, -0.25) is 14.9 Å². The molecule has 142 valence electrons. The SMILES string of the molecule is CC(N[C@H](CSCc1ccccc1)C(=O)O)C(=O)N1CCC[C@H]1C(=O)O. The van der Waals surface area contributed by atoms with E-state index in [9.17, 15) is 24.6 Å². The number of rotatable bonds is 9. The van der Waals surface area contributed by atoms with Gasteiger partial charge in [-0.2, -0.15) is 11.8 Å². The Bertz CT molecular complexity index is 640. The average molecular weight is 380 g/mol. The number of thioether (sulfide) groups is 1. The van der Waals surface area contributed by atoms with Crippen LogP contribution in [0.15, 0.2) is 30.3 Å². The summed E-state index contributed by atoms with van der Waals surface area (Å²) >= 11 is 1.47. The molecule has 0 aliphatic carbocycles. The minimum atomic E-state index is -1.03. The third kappa shape index (κ3) is 5.47. The van der Waals surface area contributed by atoms with Crippen LogP contribution in [0.3, 0.4) is 0 Å². The zero-order chi connectivity index (χ0) is 19.1. The predicted molar refractivity (Wildman–Crippen MR) is 99.0 cm³/mol. The Morgan fingerprint density at radius 3 is 2.58 bits per heavy atom. The van der Waals surface area contributed by atoms with E-state index in [-0.39, 0.29) is 5.91 Å². The lowest BCUT2D eigenvalue weighted by Gasteiger charge is -2.27. The van der Waals surface area contributed by atoms with E-state index in [1.54, 1.807) is 6.92 Å². The van der Waals surface area contributed by atoms with Crippen molar-refractivity contribution in [3.63, 3.8) is 0 Å². The summed E-state index contributed by atoms with van der Waals surface area (Å²) in [5.74, 6) is -1.42. The van der Waals surface area contributed by atoms with Gasteiger partial charge in [0, 0.05) is 18.1 Å². The van der Waals surface area contributed by atoms with E-state index < -0.39 is 30.1 Å². The lowest BCUT2D eigenvalue weighted by Crippen LogP contribution is -2.53. The molecule has 1 unspecified atom stereocenters. The smallest absolute Gasteiger partial charge is 0.326 e. The van der Waals surface area contributed by atoms with Crippen molar-refractivity contribution in [3.05, 3.63) is 35.9 Å². The Kier molecular flexibility index (Phi) is 7.47. The third-order valence-corrected chi connectivity index (χ3v) is 5.44. The molecule has 1 aromatic rings. The van der Waals surface area contributed by atoms with Crippen LogP contribution >= 0.6 is 11.8 Å². The molecule has 3 N–H and O–H groups in total. The van der Waals surface area contributed by atoms with Crippen molar-refractivity contribution in [2.24, 2.45) is 0 Å². The molecule has 0 spiro atoms. The van der Waals surface area contributed by atoms with Gasteiger partial charge in [0.2, 0.25) is 5.91 Å². The van der Waals surface area contributed by atoms with Gasteiger partial charge in [-0.15, -0.1) is 0 Å². The molecule has 7 nitrogen and oxygen atoms in total. The van der Waals surface area contributed by atoms with Gasteiger partial charge >= 0.3 is 11.9 Å². The largest absolute Gasteiger partial charge is 0.480 e. The maximum Gasteiger partial charge on any atom is 0.326 e. The third-order valence-electron chi connectivity index (χ3n) is 4.34. The molecule has 1 aliphatic heterocycles. The zero-order valence-corrected chi connectivity index (χ0v) is 15.4. The highest BCUT2D eigenvalue weighted by atomic mass is 32.2. The van der Waals surface area contributed by atoms with Crippen LogP contribution in [0.1, 0.15) is 25.3 Å². The van der Waals surface area contributed by atoms with Crippen LogP contribution in [0.2, 0.25) is 0 Å². The lowest BCUT2D eigenvalue weighted by molar-refractivity contribution is -0.149. The molecular formula is C18H24N2O5S. The maximum absolute atomic E-state index is 12.5. The standard InChI is InChI=1S/C18H24N2O5S/c1-12(16(21)20-9-5-8-15(20)18(24)25)19-14(17(22)23)11-26-10-13-6-3-2-4-7-13/h2-4,6-7,12,14-15,19H,5,8-11H2,1H3,(H,22,23)(H,24,25)/t12?,14-,15+/m1/s1. The number of nitrogens with one attached hydrogen (secondary N) is 1. The number of likely N-dealkylation sites (tertiary alicyclic amines) is 1. The van der Waals surface area contributed by atoms with Gasteiger partial charge in [-0.25, -0.2) is 4.79 Å². The number of carbonyl (C=O) groups excluding carboxylic acids is 1. The van der Waals surface area contributed by atoms with Crippen molar-refractivity contribution in [3.8, 4) is 0 Å².